The lowest BCUT2D eigenvalue weighted by Crippen LogP contribution is -2.29. The van der Waals surface area contributed by atoms with Gasteiger partial charge in [0.15, 0.2) is 0 Å². The first-order valence-corrected chi connectivity index (χ1v) is 6.43. The number of ether oxygens (including phenoxy) is 1. The van der Waals surface area contributed by atoms with Gasteiger partial charge in [-0.3, -0.25) is 4.79 Å². The van der Waals surface area contributed by atoms with Gasteiger partial charge in [-0.25, -0.2) is 0 Å². The molecule has 5 nitrogen and oxygen atoms in total. The zero-order chi connectivity index (χ0) is 15.4. The molecule has 108 valence electrons. The summed E-state index contributed by atoms with van der Waals surface area (Å²) in [7, 11) is 1.88. The Labute approximate surface area is 123 Å². The van der Waals surface area contributed by atoms with Crippen molar-refractivity contribution in [3.05, 3.63) is 54.1 Å². The van der Waals surface area contributed by atoms with Crippen molar-refractivity contribution in [2.75, 3.05) is 14.1 Å². The lowest BCUT2D eigenvalue weighted by molar-refractivity contribution is 0.0827. The lowest BCUT2D eigenvalue weighted by Gasteiger charge is -2.12. The van der Waals surface area contributed by atoms with Crippen molar-refractivity contribution >= 4 is 18.5 Å². The Morgan fingerprint density at radius 2 is 1.71 bits per heavy atom. The molecule has 0 spiro atoms. The molecule has 0 bridgehead atoms. The number of benzene rings is 2. The van der Waals surface area contributed by atoms with Gasteiger partial charge in [0.05, 0.1) is 0 Å². The van der Waals surface area contributed by atoms with Crippen LogP contribution in [-0.4, -0.2) is 42.1 Å². The molecule has 0 saturated carbocycles. The van der Waals surface area contributed by atoms with Crippen LogP contribution in [0.2, 0.25) is 0 Å². The smallest absolute Gasteiger partial charge is 0.457 e. The summed E-state index contributed by atoms with van der Waals surface area (Å²) in [6.45, 7) is 0. The van der Waals surface area contributed by atoms with Gasteiger partial charge in [-0.15, -0.1) is 0 Å². The van der Waals surface area contributed by atoms with Crippen LogP contribution in [-0.2, 0) is 0 Å². The van der Waals surface area contributed by atoms with E-state index in [1.165, 1.54) is 4.90 Å². The molecule has 0 atom stereocenters. The number of carbonyl (C=O) groups excluding carboxylic acids is 1. The maximum atomic E-state index is 11.9. The summed E-state index contributed by atoms with van der Waals surface area (Å²) in [4.78, 5) is 13.4. The molecule has 2 rings (SSSR count). The first kappa shape index (κ1) is 15.1. The molecule has 0 heterocycles. The number of rotatable bonds is 4. The molecule has 6 heteroatoms. The number of hydrogen-bond donors (Lipinski definition) is 2. The van der Waals surface area contributed by atoms with Gasteiger partial charge < -0.3 is 19.7 Å². The minimum Gasteiger partial charge on any atom is -0.457 e. The minimum atomic E-state index is -1.50. The summed E-state index contributed by atoms with van der Waals surface area (Å²) in [6, 6.07) is 13.3. The number of amides is 1. The molecule has 0 aliphatic carbocycles. The van der Waals surface area contributed by atoms with Crippen molar-refractivity contribution in [2.45, 2.75) is 0 Å². The van der Waals surface area contributed by atoms with Gasteiger partial charge in [0, 0.05) is 19.7 Å². The summed E-state index contributed by atoms with van der Waals surface area (Å²) in [5, 5.41) is 18.1. The van der Waals surface area contributed by atoms with Gasteiger partial charge >= 0.3 is 7.12 Å². The van der Waals surface area contributed by atoms with Crippen molar-refractivity contribution in [3.63, 3.8) is 0 Å². The minimum absolute atomic E-state index is 0.0980. The molecule has 0 radical (unpaired) electrons. The van der Waals surface area contributed by atoms with Crippen molar-refractivity contribution in [1.82, 2.24) is 4.90 Å². The Kier molecular flexibility index (Phi) is 4.62. The third-order valence-electron chi connectivity index (χ3n) is 2.90. The molecule has 1 amide bonds. The Bertz CT molecular complexity index is 626. The molecular formula is C15H16BNO4. The summed E-state index contributed by atoms with van der Waals surface area (Å²) in [5.74, 6) is 0.994. The second kappa shape index (κ2) is 6.43. The van der Waals surface area contributed by atoms with Gasteiger partial charge in [-0.2, -0.15) is 0 Å². The van der Waals surface area contributed by atoms with Crippen LogP contribution in [0, 0.1) is 0 Å². The van der Waals surface area contributed by atoms with Crippen LogP contribution in [0.25, 0.3) is 0 Å². The van der Waals surface area contributed by atoms with E-state index >= 15 is 0 Å². The summed E-state index contributed by atoms with van der Waals surface area (Å²) in [6.07, 6.45) is 0. The topological polar surface area (TPSA) is 70.0 Å². The summed E-state index contributed by atoms with van der Waals surface area (Å²) >= 11 is 0. The number of hydrogen-bond acceptors (Lipinski definition) is 4. The fourth-order valence-corrected chi connectivity index (χ4v) is 1.79. The third-order valence-corrected chi connectivity index (χ3v) is 2.90. The van der Waals surface area contributed by atoms with E-state index in [0.717, 1.165) is 0 Å². The van der Waals surface area contributed by atoms with Gasteiger partial charge in [-0.05, 0) is 35.8 Å². The van der Waals surface area contributed by atoms with Crippen LogP contribution in [0.5, 0.6) is 11.5 Å². The SMILES string of the molecule is CN(C)C(=O)c1cccc(Oc2ccc(B(O)O)cc2)c1. The zero-order valence-corrected chi connectivity index (χ0v) is 11.9. The number of carbonyl (C=O) groups is 1. The van der Waals surface area contributed by atoms with Crippen molar-refractivity contribution in [3.8, 4) is 11.5 Å². The first-order valence-electron chi connectivity index (χ1n) is 6.43. The Morgan fingerprint density at radius 3 is 2.29 bits per heavy atom. The van der Waals surface area contributed by atoms with Crippen molar-refractivity contribution in [1.29, 1.82) is 0 Å². The maximum Gasteiger partial charge on any atom is 0.488 e. The van der Waals surface area contributed by atoms with E-state index in [9.17, 15) is 4.79 Å². The van der Waals surface area contributed by atoms with Gasteiger partial charge in [-0.1, -0.05) is 18.2 Å². The average molecular weight is 285 g/mol. The molecular weight excluding hydrogens is 269 g/mol. The highest BCUT2D eigenvalue weighted by molar-refractivity contribution is 6.58. The quantitative estimate of drug-likeness (QED) is 0.817. The van der Waals surface area contributed by atoms with E-state index < -0.39 is 7.12 Å². The van der Waals surface area contributed by atoms with Crippen molar-refractivity contribution < 1.29 is 19.6 Å². The predicted octanol–water partition coefficient (Wildman–Crippen LogP) is 0.860. The van der Waals surface area contributed by atoms with E-state index in [2.05, 4.69) is 0 Å². The molecule has 0 aromatic heterocycles. The highest BCUT2D eigenvalue weighted by Crippen LogP contribution is 2.21. The maximum absolute atomic E-state index is 11.9. The van der Waals surface area contributed by atoms with Gasteiger partial charge in [0.1, 0.15) is 11.5 Å². The van der Waals surface area contributed by atoms with E-state index in [1.54, 1.807) is 62.6 Å². The molecule has 2 N–H and O–H groups in total. The molecule has 21 heavy (non-hydrogen) atoms. The standard InChI is InChI=1S/C15H16BNO4/c1-17(2)15(18)11-4-3-5-14(10-11)21-13-8-6-12(7-9-13)16(19)20/h3-10,19-20H,1-2H3. The molecule has 0 aliphatic rings. The van der Waals surface area contributed by atoms with Gasteiger partial charge in [0.25, 0.3) is 5.91 Å². The fraction of sp³-hybridized carbons (Fsp3) is 0.133. The molecule has 0 saturated heterocycles. The average Bonchev–Trinajstić information content (AvgIpc) is 2.47. The Hall–Kier alpha value is -2.31. The third kappa shape index (κ3) is 3.84. The highest BCUT2D eigenvalue weighted by Gasteiger charge is 2.11. The highest BCUT2D eigenvalue weighted by atomic mass is 16.5. The normalized spacial score (nSPS) is 10.1. The fourth-order valence-electron chi connectivity index (χ4n) is 1.79. The number of nitrogens with zero attached hydrogens (tertiary/aromatic N) is 1. The van der Waals surface area contributed by atoms with Crippen LogP contribution >= 0.6 is 0 Å². The van der Waals surface area contributed by atoms with Crippen LogP contribution in [0.3, 0.4) is 0 Å². The first-order chi connectivity index (χ1) is 9.97. The van der Waals surface area contributed by atoms with E-state index in [1.807, 2.05) is 0 Å². The predicted molar refractivity (Wildman–Crippen MR) is 80.8 cm³/mol. The van der Waals surface area contributed by atoms with E-state index in [-0.39, 0.29) is 5.91 Å². The Morgan fingerprint density at radius 1 is 1.05 bits per heavy atom. The summed E-state index contributed by atoms with van der Waals surface area (Å²) in [5.41, 5.74) is 0.929. The van der Waals surface area contributed by atoms with Gasteiger partial charge in [0.2, 0.25) is 0 Å². The van der Waals surface area contributed by atoms with Crippen LogP contribution in [0.15, 0.2) is 48.5 Å². The summed E-state index contributed by atoms with van der Waals surface area (Å²) < 4.78 is 5.65. The zero-order valence-electron chi connectivity index (χ0n) is 11.9. The Balaban J connectivity index is 2.16. The largest absolute Gasteiger partial charge is 0.488 e. The van der Waals surface area contributed by atoms with Crippen LogP contribution in [0.1, 0.15) is 10.4 Å². The second-order valence-electron chi connectivity index (χ2n) is 4.77. The monoisotopic (exact) mass is 285 g/mol. The van der Waals surface area contributed by atoms with E-state index in [0.29, 0.717) is 22.5 Å². The molecule has 0 unspecified atom stereocenters. The molecule has 2 aromatic carbocycles. The molecule has 0 aliphatic heterocycles. The van der Waals surface area contributed by atoms with E-state index in [4.69, 9.17) is 14.8 Å². The molecule has 0 fully saturated rings. The van der Waals surface area contributed by atoms with Crippen LogP contribution in [0.4, 0.5) is 0 Å². The lowest BCUT2D eigenvalue weighted by atomic mass is 9.80. The van der Waals surface area contributed by atoms with Crippen LogP contribution < -0.4 is 10.2 Å². The second-order valence-corrected chi connectivity index (χ2v) is 4.77. The van der Waals surface area contributed by atoms with Crippen molar-refractivity contribution in [2.24, 2.45) is 0 Å². The molecule has 2 aromatic rings.